The number of nitrogens with one attached hydrogen (secondary N) is 1. The summed E-state index contributed by atoms with van der Waals surface area (Å²) in [6.07, 6.45) is 3.35. The summed E-state index contributed by atoms with van der Waals surface area (Å²) in [5.41, 5.74) is 1.36. The van der Waals surface area contributed by atoms with Gasteiger partial charge in [0.1, 0.15) is 5.75 Å². The summed E-state index contributed by atoms with van der Waals surface area (Å²) >= 11 is 0. The average molecular weight is 342 g/mol. The molecule has 1 aromatic heterocycles. The minimum absolute atomic E-state index is 0.0170. The molecule has 25 heavy (non-hydrogen) atoms. The van der Waals surface area contributed by atoms with Crippen LogP contribution in [0.2, 0.25) is 0 Å². The number of ketones is 1. The number of carboxylic acid groups (broad SMARTS) is 1. The SMILES string of the molecule is COc1ccc2nccc(C(=O)CCC3CCNCC3C(=O)O)c2c1. The molecule has 6 nitrogen and oxygen atoms in total. The Labute approximate surface area is 146 Å². The van der Waals surface area contributed by atoms with Crippen molar-refractivity contribution in [1.82, 2.24) is 10.3 Å². The molecule has 0 radical (unpaired) electrons. The number of hydrogen-bond acceptors (Lipinski definition) is 5. The molecule has 3 rings (SSSR count). The van der Waals surface area contributed by atoms with Crippen molar-refractivity contribution >= 4 is 22.7 Å². The quantitative estimate of drug-likeness (QED) is 0.784. The molecule has 2 unspecified atom stereocenters. The first-order valence-electron chi connectivity index (χ1n) is 8.49. The summed E-state index contributed by atoms with van der Waals surface area (Å²) in [5, 5.41) is 13.2. The first-order valence-corrected chi connectivity index (χ1v) is 8.49. The standard InChI is InChI=1S/C19H22N2O4/c1-25-13-3-4-17-15(10-13)14(7-9-21-17)18(22)5-2-12-6-8-20-11-16(12)19(23)24/h3-4,7,9-10,12,16,20H,2,5-6,8,11H2,1H3,(H,23,24). The molecule has 1 aliphatic rings. The smallest absolute Gasteiger partial charge is 0.308 e. The fourth-order valence-electron chi connectivity index (χ4n) is 3.49. The van der Waals surface area contributed by atoms with Crippen LogP contribution in [0.25, 0.3) is 10.9 Å². The van der Waals surface area contributed by atoms with Gasteiger partial charge in [0.2, 0.25) is 0 Å². The number of fused-ring (bicyclic) bond motifs is 1. The lowest BCUT2D eigenvalue weighted by molar-refractivity contribution is -0.144. The van der Waals surface area contributed by atoms with Crippen LogP contribution in [0.1, 0.15) is 29.6 Å². The highest BCUT2D eigenvalue weighted by molar-refractivity contribution is 6.07. The minimum atomic E-state index is -0.788. The molecule has 1 aromatic carbocycles. The van der Waals surface area contributed by atoms with Crippen molar-refractivity contribution in [3.8, 4) is 5.75 Å². The first kappa shape index (κ1) is 17.4. The highest BCUT2D eigenvalue weighted by atomic mass is 16.5. The summed E-state index contributed by atoms with van der Waals surface area (Å²) in [6.45, 7) is 1.28. The normalized spacial score (nSPS) is 20.4. The number of nitrogens with zero attached hydrogens (tertiary/aromatic N) is 1. The van der Waals surface area contributed by atoms with Crippen LogP contribution in [0.3, 0.4) is 0 Å². The number of carbonyl (C=O) groups is 2. The predicted molar refractivity (Wildman–Crippen MR) is 94.0 cm³/mol. The maximum Gasteiger partial charge on any atom is 0.308 e. The molecule has 1 saturated heterocycles. The van der Waals surface area contributed by atoms with Crippen LogP contribution in [0, 0.1) is 11.8 Å². The van der Waals surface area contributed by atoms with Crippen molar-refractivity contribution in [3.63, 3.8) is 0 Å². The van der Waals surface area contributed by atoms with E-state index in [0.717, 1.165) is 23.9 Å². The zero-order valence-corrected chi connectivity index (χ0v) is 14.2. The van der Waals surface area contributed by atoms with Crippen LogP contribution in [-0.4, -0.2) is 42.0 Å². The molecule has 1 aliphatic heterocycles. The van der Waals surface area contributed by atoms with E-state index in [4.69, 9.17) is 4.74 Å². The van der Waals surface area contributed by atoms with Crippen LogP contribution < -0.4 is 10.1 Å². The molecule has 2 heterocycles. The van der Waals surface area contributed by atoms with E-state index in [-0.39, 0.29) is 11.7 Å². The van der Waals surface area contributed by atoms with Crippen LogP contribution in [0.5, 0.6) is 5.75 Å². The lowest BCUT2D eigenvalue weighted by Gasteiger charge is -2.29. The van der Waals surface area contributed by atoms with Crippen molar-refractivity contribution in [2.24, 2.45) is 11.8 Å². The Morgan fingerprint density at radius 1 is 1.36 bits per heavy atom. The van der Waals surface area contributed by atoms with E-state index in [0.29, 0.717) is 30.7 Å². The lowest BCUT2D eigenvalue weighted by Crippen LogP contribution is -2.41. The second-order valence-corrected chi connectivity index (χ2v) is 6.40. The number of piperidine rings is 1. The zero-order valence-electron chi connectivity index (χ0n) is 14.2. The summed E-state index contributed by atoms with van der Waals surface area (Å²) < 4.78 is 5.24. The highest BCUT2D eigenvalue weighted by Crippen LogP contribution is 2.27. The molecule has 0 bridgehead atoms. The van der Waals surface area contributed by atoms with Gasteiger partial charge >= 0.3 is 5.97 Å². The Morgan fingerprint density at radius 3 is 2.96 bits per heavy atom. The van der Waals surface area contributed by atoms with Gasteiger partial charge in [-0.25, -0.2) is 0 Å². The molecule has 132 valence electrons. The summed E-state index contributed by atoms with van der Waals surface area (Å²) in [5.74, 6) is -0.480. The number of carboxylic acids is 1. The van der Waals surface area contributed by atoms with Gasteiger partial charge in [0.05, 0.1) is 18.5 Å². The largest absolute Gasteiger partial charge is 0.497 e. The Bertz CT molecular complexity index is 790. The Balaban J connectivity index is 1.77. The van der Waals surface area contributed by atoms with Crippen molar-refractivity contribution in [2.45, 2.75) is 19.3 Å². The van der Waals surface area contributed by atoms with Crippen molar-refractivity contribution in [3.05, 3.63) is 36.0 Å². The second-order valence-electron chi connectivity index (χ2n) is 6.40. The number of rotatable bonds is 6. The molecule has 0 spiro atoms. The number of aliphatic carboxylic acids is 1. The van der Waals surface area contributed by atoms with Gasteiger partial charge < -0.3 is 15.2 Å². The van der Waals surface area contributed by atoms with Gasteiger partial charge in [-0.1, -0.05) is 0 Å². The Kier molecular flexibility index (Phi) is 5.28. The number of methoxy groups -OCH3 is 1. The molecule has 0 saturated carbocycles. The molecule has 0 aliphatic carbocycles. The van der Waals surface area contributed by atoms with Gasteiger partial charge in [-0.15, -0.1) is 0 Å². The monoisotopic (exact) mass is 342 g/mol. The summed E-state index contributed by atoms with van der Waals surface area (Å²) in [7, 11) is 1.59. The van der Waals surface area contributed by atoms with E-state index in [9.17, 15) is 14.7 Å². The molecule has 2 N–H and O–H groups in total. The zero-order chi connectivity index (χ0) is 17.8. The van der Waals surface area contributed by atoms with Gasteiger partial charge in [0.25, 0.3) is 0 Å². The number of hydrogen-bond donors (Lipinski definition) is 2. The van der Waals surface area contributed by atoms with Gasteiger partial charge in [-0.05, 0) is 49.6 Å². The molecule has 1 fully saturated rings. The summed E-state index contributed by atoms with van der Waals surface area (Å²) in [6, 6.07) is 7.19. The Morgan fingerprint density at radius 2 is 2.20 bits per heavy atom. The minimum Gasteiger partial charge on any atom is -0.497 e. The third kappa shape index (κ3) is 3.79. The Hall–Kier alpha value is -2.47. The first-order chi connectivity index (χ1) is 12.1. The highest BCUT2D eigenvalue weighted by Gasteiger charge is 2.30. The van der Waals surface area contributed by atoms with E-state index in [1.165, 1.54) is 0 Å². The number of carbonyl (C=O) groups excluding carboxylic acids is 1. The van der Waals surface area contributed by atoms with Crippen LogP contribution in [-0.2, 0) is 4.79 Å². The van der Waals surface area contributed by atoms with Crippen LogP contribution >= 0.6 is 0 Å². The van der Waals surface area contributed by atoms with E-state index < -0.39 is 11.9 Å². The maximum absolute atomic E-state index is 12.7. The van der Waals surface area contributed by atoms with Crippen molar-refractivity contribution in [1.29, 1.82) is 0 Å². The number of Topliss-reactive ketones (excluding diaryl/α,β-unsaturated/α-hetero) is 1. The molecular formula is C19H22N2O4. The van der Waals surface area contributed by atoms with Gasteiger partial charge in [-0.2, -0.15) is 0 Å². The molecule has 2 aromatic rings. The van der Waals surface area contributed by atoms with E-state index >= 15 is 0 Å². The molecular weight excluding hydrogens is 320 g/mol. The molecule has 0 amide bonds. The fourth-order valence-corrected chi connectivity index (χ4v) is 3.49. The number of aromatic nitrogens is 1. The number of ether oxygens (including phenoxy) is 1. The van der Waals surface area contributed by atoms with Gasteiger partial charge in [0.15, 0.2) is 5.78 Å². The molecule has 2 atom stereocenters. The third-order valence-electron chi connectivity index (χ3n) is 4.93. The number of benzene rings is 1. The van der Waals surface area contributed by atoms with E-state index in [1.54, 1.807) is 19.4 Å². The van der Waals surface area contributed by atoms with Gasteiger partial charge in [-0.3, -0.25) is 14.6 Å². The maximum atomic E-state index is 12.7. The number of pyridine rings is 1. The topological polar surface area (TPSA) is 88.5 Å². The van der Waals surface area contributed by atoms with E-state index in [1.807, 2.05) is 18.2 Å². The fraction of sp³-hybridized carbons (Fsp3) is 0.421. The molecule has 6 heteroatoms. The third-order valence-corrected chi connectivity index (χ3v) is 4.93. The predicted octanol–water partition coefficient (Wildman–Crippen LogP) is 2.52. The van der Waals surface area contributed by atoms with Crippen LogP contribution in [0.15, 0.2) is 30.5 Å². The van der Waals surface area contributed by atoms with Crippen molar-refractivity contribution in [2.75, 3.05) is 20.2 Å². The van der Waals surface area contributed by atoms with Crippen molar-refractivity contribution < 1.29 is 19.4 Å². The summed E-state index contributed by atoms with van der Waals surface area (Å²) in [4.78, 5) is 28.4. The lowest BCUT2D eigenvalue weighted by atomic mass is 9.82. The average Bonchev–Trinajstić information content (AvgIpc) is 2.65. The van der Waals surface area contributed by atoms with Gasteiger partial charge in [0, 0.05) is 30.1 Å². The second kappa shape index (κ2) is 7.61. The van der Waals surface area contributed by atoms with Crippen LogP contribution in [0.4, 0.5) is 0 Å². The van der Waals surface area contributed by atoms with E-state index in [2.05, 4.69) is 10.3 Å².